The summed E-state index contributed by atoms with van der Waals surface area (Å²) in [6, 6.07) is 8.27. The number of unbranched alkanes of at least 4 members (excludes halogenated alkanes) is 8. The van der Waals surface area contributed by atoms with Gasteiger partial charge in [0.25, 0.3) is 0 Å². The zero-order valence-electron chi connectivity index (χ0n) is 13.4. The zero-order chi connectivity index (χ0) is 15.3. The first-order valence-corrected chi connectivity index (χ1v) is 9.56. The van der Waals surface area contributed by atoms with Crippen molar-refractivity contribution in [1.29, 1.82) is 0 Å². The molecule has 0 aliphatic heterocycles. The molecule has 21 heavy (non-hydrogen) atoms. The highest BCUT2D eigenvalue weighted by Gasteiger charge is 2.03. The molecule has 0 radical (unpaired) electrons. The van der Waals surface area contributed by atoms with Gasteiger partial charge in [0.05, 0.1) is 0 Å². The quantitative estimate of drug-likeness (QED) is 0.296. The molecule has 118 valence electrons. The molecular formula is C19H29IO. The van der Waals surface area contributed by atoms with Gasteiger partial charge in [-0.15, -0.1) is 0 Å². The van der Waals surface area contributed by atoms with Crippen LogP contribution in [0.15, 0.2) is 24.3 Å². The molecule has 0 aliphatic carbocycles. The average molecular weight is 400 g/mol. The van der Waals surface area contributed by atoms with Crippen LogP contribution in [0, 0.1) is 3.57 Å². The van der Waals surface area contributed by atoms with Gasteiger partial charge in [-0.1, -0.05) is 70.4 Å². The largest absolute Gasteiger partial charge is 0.299 e. The first kappa shape index (κ1) is 18.7. The van der Waals surface area contributed by atoms with E-state index in [4.69, 9.17) is 0 Å². The Bertz CT molecular complexity index is 383. The number of rotatable bonds is 12. The fourth-order valence-electron chi connectivity index (χ4n) is 2.55. The molecule has 0 spiro atoms. The van der Waals surface area contributed by atoms with Crippen molar-refractivity contribution in [2.75, 3.05) is 0 Å². The Balaban J connectivity index is 1.97. The molecule has 1 rings (SSSR count). The molecule has 0 bridgehead atoms. The summed E-state index contributed by atoms with van der Waals surface area (Å²) in [5.41, 5.74) is 1.15. The van der Waals surface area contributed by atoms with Crippen molar-refractivity contribution in [1.82, 2.24) is 0 Å². The van der Waals surface area contributed by atoms with E-state index in [1.807, 2.05) is 0 Å². The summed E-state index contributed by atoms with van der Waals surface area (Å²) in [5, 5.41) is 0. The van der Waals surface area contributed by atoms with Crippen molar-refractivity contribution in [2.24, 2.45) is 0 Å². The van der Waals surface area contributed by atoms with E-state index in [9.17, 15) is 4.79 Å². The molecule has 1 aromatic carbocycles. The molecule has 0 amide bonds. The molecule has 0 unspecified atom stereocenters. The lowest BCUT2D eigenvalue weighted by Crippen LogP contribution is -2.02. The molecular weight excluding hydrogens is 371 g/mol. The highest BCUT2D eigenvalue weighted by Crippen LogP contribution is 2.12. The van der Waals surface area contributed by atoms with E-state index in [0.29, 0.717) is 12.2 Å². The lowest BCUT2D eigenvalue weighted by atomic mass is 10.0. The predicted molar refractivity (Wildman–Crippen MR) is 99.7 cm³/mol. The third-order valence-electron chi connectivity index (χ3n) is 3.87. The van der Waals surface area contributed by atoms with Gasteiger partial charge in [0.15, 0.2) is 0 Å². The minimum Gasteiger partial charge on any atom is -0.299 e. The summed E-state index contributed by atoms with van der Waals surface area (Å²) < 4.78 is 1.22. The SMILES string of the molecule is CCCCCCCCCCCC(=O)Cc1ccc(I)cc1. The Morgan fingerprint density at radius 1 is 0.857 bits per heavy atom. The van der Waals surface area contributed by atoms with Crippen molar-refractivity contribution in [3.8, 4) is 0 Å². The number of halogens is 1. The molecule has 0 heterocycles. The minimum absolute atomic E-state index is 0.388. The molecule has 1 nitrogen and oxygen atoms in total. The van der Waals surface area contributed by atoms with Gasteiger partial charge in [-0.05, 0) is 46.7 Å². The second kappa shape index (κ2) is 12.2. The van der Waals surface area contributed by atoms with E-state index in [-0.39, 0.29) is 0 Å². The molecule has 0 fully saturated rings. The number of carbonyl (C=O) groups excluding carboxylic acids is 1. The predicted octanol–water partition coefficient (Wildman–Crippen LogP) is 6.32. The van der Waals surface area contributed by atoms with E-state index in [0.717, 1.165) is 18.4 Å². The summed E-state index contributed by atoms with van der Waals surface area (Å²) in [7, 11) is 0. The van der Waals surface area contributed by atoms with Crippen LogP contribution >= 0.6 is 22.6 Å². The van der Waals surface area contributed by atoms with Gasteiger partial charge in [0.1, 0.15) is 5.78 Å². The Labute approximate surface area is 144 Å². The average Bonchev–Trinajstić information content (AvgIpc) is 2.48. The number of Topliss-reactive ketones (excluding diaryl/α,β-unsaturated/α-hetero) is 1. The molecule has 1 aromatic rings. The highest BCUT2D eigenvalue weighted by atomic mass is 127. The monoisotopic (exact) mass is 400 g/mol. The highest BCUT2D eigenvalue weighted by molar-refractivity contribution is 14.1. The summed E-state index contributed by atoms with van der Waals surface area (Å²) in [6.07, 6.45) is 13.1. The van der Waals surface area contributed by atoms with E-state index in [1.165, 1.54) is 54.9 Å². The fourth-order valence-corrected chi connectivity index (χ4v) is 2.91. The van der Waals surface area contributed by atoms with E-state index in [1.54, 1.807) is 0 Å². The van der Waals surface area contributed by atoms with Gasteiger partial charge in [0, 0.05) is 16.4 Å². The normalized spacial score (nSPS) is 10.8. The molecule has 0 atom stereocenters. The Kier molecular flexibility index (Phi) is 10.8. The standard InChI is InChI=1S/C19H29IO/c1-2-3-4-5-6-7-8-9-10-11-19(21)16-17-12-14-18(20)15-13-17/h12-15H,2-11,16H2,1H3. The lowest BCUT2D eigenvalue weighted by Gasteiger charge is -2.03. The summed E-state index contributed by atoms with van der Waals surface area (Å²) >= 11 is 2.29. The van der Waals surface area contributed by atoms with E-state index in [2.05, 4.69) is 53.8 Å². The van der Waals surface area contributed by atoms with Crippen LogP contribution in [0.2, 0.25) is 0 Å². The van der Waals surface area contributed by atoms with Gasteiger partial charge in [0.2, 0.25) is 0 Å². The topological polar surface area (TPSA) is 17.1 Å². The second-order valence-corrected chi connectivity index (χ2v) is 7.17. The molecule has 0 aromatic heterocycles. The van der Waals surface area contributed by atoms with Crippen LogP contribution in [0.25, 0.3) is 0 Å². The number of hydrogen-bond donors (Lipinski definition) is 0. The zero-order valence-corrected chi connectivity index (χ0v) is 15.5. The third-order valence-corrected chi connectivity index (χ3v) is 4.59. The maximum Gasteiger partial charge on any atom is 0.137 e. The number of hydrogen-bond acceptors (Lipinski definition) is 1. The van der Waals surface area contributed by atoms with Gasteiger partial charge in [-0.25, -0.2) is 0 Å². The maximum atomic E-state index is 11.9. The van der Waals surface area contributed by atoms with Crippen LogP contribution in [0.5, 0.6) is 0 Å². The molecule has 0 saturated carbocycles. The van der Waals surface area contributed by atoms with Gasteiger partial charge in [-0.3, -0.25) is 4.79 Å². The van der Waals surface area contributed by atoms with Crippen molar-refractivity contribution < 1.29 is 4.79 Å². The Morgan fingerprint density at radius 2 is 1.38 bits per heavy atom. The lowest BCUT2D eigenvalue weighted by molar-refractivity contribution is -0.118. The van der Waals surface area contributed by atoms with Gasteiger partial charge in [-0.2, -0.15) is 0 Å². The van der Waals surface area contributed by atoms with Crippen molar-refractivity contribution in [3.05, 3.63) is 33.4 Å². The van der Waals surface area contributed by atoms with E-state index < -0.39 is 0 Å². The van der Waals surface area contributed by atoms with E-state index >= 15 is 0 Å². The summed E-state index contributed by atoms with van der Waals surface area (Å²) in [6.45, 7) is 2.26. The summed E-state index contributed by atoms with van der Waals surface area (Å²) in [4.78, 5) is 11.9. The molecule has 0 N–H and O–H groups in total. The number of benzene rings is 1. The van der Waals surface area contributed by atoms with Crippen LogP contribution in [0.3, 0.4) is 0 Å². The first-order chi connectivity index (χ1) is 10.2. The second-order valence-electron chi connectivity index (χ2n) is 5.92. The molecule has 2 heteroatoms. The van der Waals surface area contributed by atoms with Crippen molar-refractivity contribution in [2.45, 2.75) is 77.6 Å². The third kappa shape index (κ3) is 10.0. The van der Waals surface area contributed by atoms with Crippen molar-refractivity contribution in [3.63, 3.8) is 0 Å². The van der Waals surface area contributed by atoms with Gasteiger partial charge >= 0.3 is 0 Å². The van der Waals surface area contributed by atoms with Gasteiger partial charge < -0.3 is 0 Å². The molecule has 0 saturated heterocycles. The fraction of sp³-hybridized carbons (Fsp3) is 0.632. The summed E-state index contributed by atoms with van der Waals surface area (Å²) in [5.74, 6) is 0.388. The van der Waals surface area contributed by atoms with Crippen molar-refractivity contribution >= 4 is 28.4 Å². The molecule has 0 aliphatic rings. The van der Waals surface area contributed by atoms with Crippen LogP contribution in [-0.2, 0) is 11.2 Å². The minimum atomic E-state index is 0.388. The van der Waals surface area contributed by atoms with Crippen LogP contribution in [0.1, 0.15) is 76.7 Å². The Morgan fingerprint density at radius 3 is 1.95 bits per heavy atom. The maximum absolute atomic E-state index is 11.9. The van der Waals surface area contributed by atoms with Crippen LogP contribution < -0.4 is 0 Å². The van der Waals surface area contributed by atoms with Crippen LogP contribution in [-0.4, -0.2) is 5.78 Å². The smallest absolute Gasteiger partial charge is 0.137 e. The van der Waals surface area contributed by atoms with Crippen LogP contribution in [0.4, 0.5) is 0 Å². The first-order valence-electron chi connectivity index (χ1n) is 8.48. The number of carbonyl (C=O) groups is 1. The number of ketones is 1. The Hall–Kier alpha value is -0.380.